The van der Waals surface area contributed by atoms with E-state index < -0.39 is 0 Å². The molecule has 2 N–H and O–H groups in total. The van der Waals surface area contributed by atoms with E-state index in [2.05, 4.69) is 5.32 Å². The van der Waals surface area contributed by atoms with Crippen molar-refractivity contribution in [2.45, 2.75) is 33.7 Å². The van der Waals surface area contributed by atoms with Crippen LogP contribution >= 0.6 is 0 Å². The Kier molecular flexibility index (Phi) is 5.44. The smallest absolute Gasteiger partial charge is 0.272 e. The maximum absolute atomic E-state index is 10.9. The average molecular weight is 266 g/mol. The Hall–Kier alpha value is -1.46. The van der Waals surface area contributed by atoms with E-state index in [1.54, 1.807) is 13.0 Å². The van der Waals surface area contributed by atoms with E-state index in [0.29, 0.717) is 18.7 Å². The van der Waals surface area contributed by atoms with Crippen LogP contribution in [0.3, 0.4) is 0 Å². The van der Waals surface area contributed by atoms with Gasteiger partial charge in [0.1, 0.15) is 0 Å². The molecule has 0 fully saturated rings. The summed E-state index contributed by atoms with van der Waals surface area (Å²) < 4.78 is 0. The molecule has 1 aromatic carbocycles. The number of nitrogens with one attached hydrogen (secondary N) is 1. The summed E-state index contributed by atoms with van der Waals surface area (Å²) in [6.07, 6.45) is 0.879. The third kappa shape index (κ3) is 4.01. The first-order valence-corrected chi connectivity index (χ1v) is 6.48. The predicted molar refractivity (Wildman–Crippen MR) is 75.0 cm³/mol. The lowest BCUT2D eigenvalue weighted by molar-refractivity contribution is -0.385. The van der Waals surface area contributed by atoms with E-state index in [1.807, 2.05) is 19.9 Å². The van der Waals surface area contributed by atoms with Crippen molar-refractivity contribution in [3.8, 4) is 0 Å². The van der Waals surface area contributed by atoms with Crippen molar-refractivity contribution in [3.63, 3.8) is 0 Å². The summed E-state index contributed by atoms with van der Waals surface area (Å²) >= 11 is 0. The van der Waals surface area contributed by atoms with Crippen molar-refractivity contribution >= 4 is 5.69 Å². The van der Waals surface area contributed by atoms with Gasteiger partial charge in [-0.2, -0.15) is 0 Å². The fraction of sp³-hybridized carbons (Fsp3) is 0.571. The van der Waals surface area contributed by atoms with Gasteiger partial charge in [0.15, 0.2) is 0 Å². The lowest BCUT2D eigenvalue weighted by Crippen LogP contribution is -2.34. The topological polar surface area (TPSA) is 75.4 Å². The monoisotopic (exact) mass is 266 g/mol. The quantitative estimate of drug-likeness (QED) is 0.587. The largest absolute Gasteiger partial charge is 0.396 e. The lowest BCUT2D eigenvalue weighted by Gasteiger charge is -2.26. The Morgan fingerprint density at radius 3 is 2.68 bits per heavy atom. The van der Waals surface area contributed by atoms with Crippen LogP contribution in [-0.2, 0) is 6.54 Å². The maximum Gasteiger partial charge on any atom is 0.272 e. The average Bonchev–Trinajstić information content (AvgIpc) is 2.40. The zero-order chi connectivity index (χ0) is 14.5. The van der Waals surface area contributed by atoms with Crippen molar-refractivity contribution in [2.75, 3.05) is 13.2 Å². The number of nitro benzene ring substituents is 1. The minimum Gasteiger partial charge on any atom is -0.396 e. The molecule has 0 radical (unpaired) electrons. The van der Waals surface area contributed by atoms with Gasteiger partial charge in [-0.1, -0.05) is 26.0 Å². The lowest BCUT2D eigenvalue weighted by atomic mass is 9.88. The highest BCUT2D eigenvalue weighted by Gasteiger charge is 2.20. The molecule has 5 nitrogen and oxygen atoms in total. The number of rotatable bonds is 7. The molecule has 1 rings (SSSR count). The summed E-state index contributed by atoms with van der Waals surface area (Å²) in [6.45, 7) is 7.20. The highest BCUT2D eigenvalue weighted by Crippen LogP contribution is 2.22. The molecular formula is C14H22N2O3. The summed E-state index contributed by atoms with van der Waals surface area (Å²) in [5, 5.41) is 23.4. The number of hydrogen-bond acceptors (Lipinski definition) is 4. The van der Waals surface area contributed by atoms with Crippen LogP contribution in [0.15, 0.2) is 18.2 Å². The molecule has 0 saturated carbocycles. The predicted octanol–water partition coefficient (Wildman–Crippen LogP) is 2.40. The zero-order valence-electron chi connectivity index (χ0n) is 11.8. The molecule has 0 saturated heterocycles. The minimum absolute atomic E-state index is 0.129. The fourth-order valence-electron chi connectivity index (χ4n) is 1.85. The van der Waals surface area contributed by atoms with Gasteiger partial charge in [0.25, 0.3) is 5.69 Å². The minimum atomic E-state index is -0.358. The van der Waals surface area contributed by atoms with Gasteiger partial charge >= 0.3 is 0 Å². The molecule has 19 heavy (non-hydrogen) atoms. The molecule has 0 aromatic heterocycles. The number of nitrogens with zero attached hydrogens (tertiary/aromatic N) is 1. The first kappa shape index (κ1) is 15.6. The fourth-order valence-corrected chi connectivity index (χ4v) is 1.85. The highest BCUT2D eigenvalue weighted by molar-refractivity contribution is 5.44. The Labute approximate surface area is 113 Å². The molecule has 0 bridgehead atoms. The van der Waals surface area contributed by atoms with Crippen molar-refractivity contribution in [2.24, 2.45) is 5.41 Å². The van der Waals surface area contributed by atoms with Crippen molar-refractivity contribution in [1.82, 2.24) is 5.32 Å². The maximum atomic E-state index is 10.9. The van der Waals surface area contributed by atoms with Crippen LogP contribution in [0.1, 0.15) is 31.4 Å². The standard InChI is InChI=1S/C14H22N2O3/c1-4-14(3,10-17)9-15-8-12-6-5-7-13(11(12)2)16(18)19/h5-7,15,17H,4,8-10H2,1-3H3. The zero-order valence-corrected chi connectivity index (χ0v) is 11.8. The van der Waals surface area contributed by atoms with E-state index in [-0.39, 0.29) is 22.6 Å². The van der Waals surface area contributed by atoms with E-state index in [4.69, 9.17) is 0 Å². The molecule has 5 heteroatoms. The molecule has 0 heterocycles. The summed E-state index contributed by atoms with van der Waals surface area (Å²) in [5.41, 5.74) is 1.63. The van der Waals surface area contributed by atoms with Gasteiger partial charge in [-0.3, -0.25) is 10.1 Å². The summed E-state index contributed by atoms with van der Waals surface area (Å²) in [5.74, 6) is 0. The Balaban J connectivity index is 2.69. The number of benzene rings is 1. The molecular weight excluding hydrogens is 244 g/mol. The second-order valence-electron chi connectivity index (χ2n) is 5.24. The van der Waals surface area contributed by atoms with Crippen molar-refractivity contribution in [1.29, 1.82) is 0 Å². The first-order valence-electron chi connectivity index (χ1n) is 6.48. The highest BCUT2D eigenvalue weighted by atomic mass is 16.6. The van der Waals surface area contributed by atoms with Gasteiger partial charge in [0.2, 0.25) is 0 Å². The van der Waals surface area contributed by atoms with Crippen LogP contribution in [0.4, 0.5) is 5.69 Å². The van der Waals surface area contributed by atoms with Crippen molar-refractivity contribution < 1.29 is 10.0 Å². The summed E-state index contributed by atoms with van der Waals surface area (Å²) in [7, 11) is 0. The van der Waals surface area contributed by atoms with Gasteiger partial charge < -0.3 is 10.4 Å². The number of nitro groups is 1. The van der Waals surface area contributed by atoms with Crippen molar-refractivity contribution in [3.05, 3.63) is 39.4 Å². The Bertz CT molecular complexity index is 442. The van der Waals surface area contributed by atoms with Gasteiger partial charge in [0.05, 0.1) is 4.92 Å². The molecule has 1 atom stereocenters. The van der Waals surface area contributed by atoms with Gasteiger partial charge in [-0.25, -0.2) is 0 Å². The molecule has 0 aliphatic carbocycles. The van der Waals surface area contributed by atoms with Crippen LogP contribution in [0.2, 0.25) is 0 Å². The van der Waals surface area contributed by atoms with Crippen LogP contribution < -0.4 is 5.32 Å². The third-order valence-corrected chi connectivity index (χ3v) is 3.72. The number of aliphatic hydroxyl groups is 1. The Morgan fingerprint density at radius 2 is 2.16 bits per heavy atom. The van der Waals surface area contributed by atoms with Crippen LogP contribution in [0, 0.1) is 22.5 Å². The number of aliphatic hydroxyl groups excluding tert-OH is 1. The normalized spacial score (nSPS) is 14.1. The first-order chi connectivity index (χ1) is 8.93. The van der Waals surface area contributed by atoms with Crippen LogP contribution in [-0.4, -0.2) is 23.2 Å². The molecule has 0 aliphatic rings. The summed E-state index contributed by atoms with van der Waals surface area (Å²) in [4.78, 5) is 10.5. The molecule has 1 unspecified atom stereocenters. The number of hydrogen-bond donors (Lipinski definition) is 2. The van der Waals surface area contributed by atoms with E-state index in [0.717, 1.165) is 12.0 Å². The second-order valence-corrected chi connectivity index (χ2v) is 5.24. The van der Waals surface area contributed by atoms with Gasteiger partial charge in [-0.05, 0) is 18.9 Å². The molecule has 0 amide bonds. The molecule has 0 spiro atoms. The second kappa shape index (κ2) is 6.63. The van der Waals surface area contributed by atoms with Crippen LogP contribution in [0.25, 0.3) is 0 Å². The molecule has 0 aliphatic heterocycles. The van der Waals surface area contributed by atoms with Gasteiger partial charge in [-0.15, -0.1) is 0 Å². The van der Waals surface area contributed by atoms with E-state index in [1.165, 1.54) is 6.07 Å². The third-order valence-electron chi connectivity index (χ3n) is 3.72. The van der Waals surface area contributed by atoms with E-state index in [9.17, 15) is 15.2 Å². The molecule has 106 valence electrons. The SMILES string of the molecule is CCC(C)(CO)CNCc1cccc([N+](=O)[O-])c1C. The van der Waals surface area contributed by atoms with Crippen LogP contribution in [0.5, 0.6) is 0 Å². The summed E-state index contributed by atoms with van der Waals surface area (Å²) in [6, 6.07) is 5.10. The van der Waals surface area contributed by atoms with E-state index >= 15 is 0 Å². The van der Waals surface area contributed by atoms with Gasteiger partial charge in [0, 0.05) is 36.7 Å². The molecule has 1 aromatic rings. The Morgan fingerprint density at radius 1 is 1.47 bits per heavy atom.